The van der Waals surface area contributed by atoms with Crippen molar-refractivity contribution in [2.24, 2.45) is 28.2 Å². The molecule has 0 atom stereocenters. The number of fused-ring (bicyclic) bond motifs is 4. The molecule has 0 bridgehead atoms. The SMILES string of the molecule is Cc1ccccc1N1B(c2c(-c3ccccc3)cccc2-c2ccccc2)N(c2ccccc2)c2c(C)cc[n+](C)c21.Cc1ccccc1N1B(c2c(C(C)C)cccc2C(C)C)N(C)c2c(C)cc[n+](C)c21.Cc1ccccc1N1B(c2c(C(C)C)cccc2C(C)C)N(c2ccccc2)c2c(C)cc[n+](C)c21.Cc1ccccc1N1B(c2c(C)cccc2C)N(C)c2c(C)cc[n+](C)c21. The lowest BCUT2D eigenvalue weighted by Crippen LogP contribution is -2.57. The van der Waals surface area contributed by atoms with Gasteiger partial charge in [-0.2, -0.15) is 0 Å². The van der Waals surface area contributed by atoms with Crippen molar-refractivity contribution in [1.29, 1.82) is 0 Å². The summed E-state index contributed by atoms with van der Waals surface area (Å²) in [5.74, 6) is 6.65. The molecule has 4 aromatic heterocycles. The molecule has 20 rings (SSSR count). The van der Waals surface area contributed by atoms with E-state index in [2.05, 4.69) is 564 Å². The summed E-state index contributed by atoms with van der Waals surface area (Å²) < 4.78 is 9.09. The first-order chi connectivity index (χ1) is 65.6. The van der Waals surface area contributed by atoms with Gasteiger partial charge in [-0.05, 0) is 280 Å². The maximum atomic E-state index is 2.58. The summed E-state index contributed by atoms with van der Waals surface area (Å²) >= 11 is 0. The smallest absolute Gasteiger partial charge is 0.366 e. The monoisotopic (exact) mass is 1790 g/mol. The zero-order valence-electron chi connectivity index (χ0n) is 84.3. The number of hydrogen-bond donors (Lipinski definition) is 0. The lowest BCUT2D eigenvalue weighted by molar-refractivity contribution is -0.657. The van der Waals surface area contributed by atoms with E-state index in [1.54, 1.807) is 0 Å². The summed E-state index contributed by atoms with van der Waals surface area (Å²) in [6.07, 6.45) is 8.74. The third kappa shape index (κ3) is 17.2. The van der Waals surface area contributed by atoms with Gasteiger partial charge < -0.3 is 19.2 Å². The number of aromatic nitrogens is 4. The van der Waals surface area contributed by atoms with E-state index >= 15 is 0 Å². The van der Waals surface area contributed by atoms with E-state index in [9.17, 15) is 0 Å². The predicted octanol–water partition coefficient (Wildman–Crippen LogP) is 24.3. The largest absolute Gasteiger partial charge is 0.543 e. The number of para-hydroxylation sites is 6. The first-order valence-electron chi connectivity index (χ1n) is 48.7. The van der Waals surface area contributed by atoms with Crippen LogP contribution in [0.5, 0.6) is 0 Å². The topological polar surface area (TPSA) is 41.4 Å². The van der Waals surface area contributed by atoms with E-state index in [-0.39, 0.29) is 27.9 Å². The Morgan fingerprint density at radius 1 is 0.206 bits per heavy atom. The fourth-order valence-electron chi connectivity index (χ4n) is 21.8. The van der Waals surface area contributed by atoms with E-state index in [1.807, 2.05) is 0 Å². The molecule has 16 heteroatoms. The van der Waals surface area contributed by atoms with Crippen LogP contribution in [0.4, 0.5) is 80.1 Å². The summed E-state index contributed by atoms with van der Waals surface area (Å²) in [5.41, 5.74) is 41.5. The molecule has 12 nitrogen and oxygen atoms in total. The van der Waals surface area contributed by atoms with Crippen LogP contribution in [0.2, 0.25) is 0 Å². The highest BCUT2D eigenvalue weighted by molar-refractivity contribution is 6.87. The van der Waals surface area contributed by atoms with Crippen LogP contribution in [0, 0.1) is 69.2 Å². The van der Waals surface area contributed by atoms with E-state index in [1.165, 1.54) is 196 Å². The van der Waals surface area contributed by atoms with Crippen LogP contribution in [-0.4, -0.2) is 42.0 Å². The van der Waals surface area contributed by atoms with Gasteiger partial charge in [0.25, 0.3) is 23.3 Å². The maximum Gasteiger partial charge on any atom is 0.543 e. The Morgan fingerprint density at radius 3 is 0.750 bits per heavy atom. The third-order valence-electron chi connectivity index (χ3n) is 28.4. The van der Waals surface area contributed by atoms with Gasteiger partial charge in [0, 0.05) is 33.2 Å². The van der Waals surface area contributed by atoms with Crippen LogP contribution < -0.4 is 78.6 Å². The number of pyridine rings is 4. The van der Waals surface area contributed by atoms with Gasteiger partial charge in [-0.25, -0.2) is 18.3 Å². The van der Waals surface area contributed by atoms with Crippen molar-refractivity contribution < 1.29 is 18.3 Å². The standard InChI is InChI=1S/C38H33BN3.C32H37BN3.C27H35BN3.C23H27BN3/c1-28-16-13-14-25-35(28)42-38-37(29(2)26-27-40(38)3)41(32-21-11-6-12-22-32)39(42)36-33(30-17-7-4-8-18-30)23-15-24-34(36)31-19-9-5-10-20-31;1-22(2)27-17-13-18-28(23(3)4)30(27)33-35(26-15-9-8-10-16-26)31-25(6)20-21-34(7)32(31)36(33)29-19-12-11-14-24(29)5;1-18(2)22-13-11-14-23(19(3)4)25(22)28-30(8)26-21(6)16-17-29(7)27(26)31(28)24-15-10-9-12-20(24)5;1-16-10-7-8-13-20(16)27-23-22(19(4)14-15-25(23)5)26(6)24(27)21-17(2)11-9-12-18(21)3/h4-27H,1-3H3;8-23H,1-7H3;9-19H,1-8H3;7-15H,1-6H3/q4*+1. The molecule has 12 aromatic carbocycles. The quantitative estimate of drug-likeness (QED) is 0.0700. The highest BCUT2D eigenvalue weighted by Crippen LogP contribution is 2.52. The third-order valence-corrected chi connectivity index (χ3v) is 28.4. The lowest BCUT2D eigenvalue weighted by atomic mass is 9.58. The molecule has 0 fully saturated rings. The second kappa shape index (κ2) is 39.4. The van der Waals surface area contributed by atoms with E-state index in [4.69, 9.17) is 0 Å². The highest BCUT2D eigenvalue weighted by Gasteiger charge is 2.59. The molecule has 0 saturated heterocycles. The van der Waals surface area contributed by atoms with Gasteiger partial charge in [-0.3, -0.25) is 19.2 Å². The van der Waals surface area contributed by atoms with Gasteiger partial charge in [-0.15, -0.1) is 0 Å². The van der Waals surface area contributed by atoms with Gasteiger partial charge in [0.2, 0.25) is 0 Å². The number of benzene rings is 12. The normalized spacial score (nSPS) is 13.1. The Kier molecular flexibility index (Phi) is 27.2. The molecule has 0 spiro atoms. The van der Waals surface area contributed by atoms with Crippen molar-refractivity contribution in [1.82, 2.24) is 0 Å². The van der Waals surface area contributed by atoms with Crippen molar-refractivity contribution >= 4 is 130 Å². The van der Waals surface area contributed by atoms with E-state index in [0.717, 1.165) is 5.69 Å². The van der Waals surface area contributed by atoms with Crippen molar-refractivity contribution in [2.45, 2.75) is 148 Å². The average molecular weight is 1790 g/mol. The molecular weight excluding hydrogens is 1650 g/mol. The van der Waals surface area contributed by atoms with Crippen LogP contribution in [-0.2, 0) is 28.2 Å². The molecule has 4 aliphatic heterocycles. The molecule has 0 aliphatic carbocycles. The van der Waals surface area contributed by atoms with E-state index in [0.29, 0.717) is 23.7 Å². The number of nitrogens with zero attached hydrogens (tertiary/aromatic N) is 12. The molecule has 0 saturated carbocycles. The number of hydrogen-bond acceptors (Lipinski definition) is 8. The first kappa shape index (κ1) is 93.7. The lowest BCUT2D eigenvalue weighted by Gasteiger charge is -2.30. The van der Waals surface area contributed by atoms with Crippen molar-refractivity contribution in [2.75, 3.05) is 52.6 Å². The van der Waals surface area contributed by atoms with Crippen LogP contribution >= 0.6 is 0 Å². The molecule has 136 heavy (non-hydrogen) atoms. The summed E-state index contributed by atoms with van der Waals surface area (Å²) in [4.78, 5) is 20.3. The Balaban J connectivity index is 0.000000127. The molecule has 0 radical (unpaired) electrons. The summed E-state index contributed by atoms with van der Waals surface area (Å²) in [5, 5.41) is 0. The number of aryl methyl sites for hydroxylation is 14. The van der Waals surface area contributed by atoms with Gasteiger partial charge >= 0.3 is 27.9 Å². The van der Waals surface area contributed by atoms with Gasteiger partial charge in [0.1, 0.15) is 45.5 Å². The van der Waals surface area contributed by atoms with Gasteiger partial charge in [0.05, 0.1) is 53.0 Å². The Labute approximate surface area is 812 Å². The molecule has 8 heterocycles. The molecule has 16 aromatic rings. The zero-order chi connectivity index (χ0) is 95.9. The van der Waals surface area contributed by atoms with Crippen LogP contribution in [0.25, 0.3) is 22.3 Å². The molecule has 680 valence electrons. The molecule has 0 amide bonds. The van der Waals surface area contributed by atoms with E-state index < -0.39 is 0 Å². The number of anilines is 14. The molecular formula is C120H132B4N12+4. The first-order valence-corrected chi connectivity index (χ1v) is 48.7. The van der Waals surface area contributed by atoms with Crippen molar-refractivity contribution in [3.8, 4) is 22.3 Å². The fourth-order valence-corrected chi connectivity index (χ4v) is 21.8. The Bertz CT molecular complexity index is 6940. The molecule has 4 aliphatic rings. The zero-order valence-corrected chi connectivity index (χ0v) is 84.3. The molecule has 0 unspecified atom stereocenters. The minimum Gasteiger partial charge on any atom is -0.366 e. The van der Waals surface area contributed by atoms with Crippen molar-refractivity contribution in [3.05, 3.63) is 418 Å². The fraction of sp³-hybridized carbons (Fsp3) is 0.233. The summed E-state index contributed by atoms with van der Waals surface area (Å²) in [6.45, 7) is 40.8. The predicted molar refractivity (Wildman–Crippen MR) is 581 cm³/mol. The van der Waals surface area contributed by atoms with Crippen molar-refractivity contribution in [3.63, 3.8) is 0 Å². The molecule has 0 N–H and O–H groups in total. The Hall–Kier alpha value is -14.1. The van der Waals surface area contributed by atoms with Crippen LogP contribution in [0.15, 0.2) is 340 Å². The van der Waals surface area contributed by atoms with Gasteiger partial charge in [-0.1, -0.05) is 298 Å². The number of rotatable bonds is 16. The second-order valence-electron chi connectivity index (χ2n) is 39.0. The minimum atomic E-state index is -0.151. The Morgan fingerprint density at radius 2 is 0.441 bits per heavy atom. The van der Waals surface area contributed by atoms with Crippen LogP contribution in [0.3, 0.4) is 0 Å². The van der Waals surface area contributed by atoms with Crippen LogP contribution in [0.1, 0.15) is 157 Å². The second-order valence-corrected chi connectivity index (χ2v) is 39.0. The minimum absolute atomic E-state index is 0.00759. The highest BCUT2D eigenvalue weighted by atomic mass is 15.4. The average Bonchev–Trinajstić information content (AvgIpc) is 1.54. The maximum absolute atomic E-state index is 2.58. The van der Waals surface area contributed by atoms with Gasteiger partial charge in [0.15, 0.2) is 0 Å². The summed E-state index contributed by atoms with van der Waals surface area (Å²) in [7, 11) is 13.1. The summed E-state index contributed by atoms with van der Waals surface area (Å²) in [6, 6.07) is 114.